The van der Waals surface area contributed by atoms with Crippen LogP contribution in [-0.4, -0.2) is 8.42 Å². The highest BCUT2D eigenvalue weighted by Gasteiger charge is 2.38. The number of fused-ring (bicyclic) bond motifs is 4. The third kappa shape index (κ3) is 3.20. The lowest BCUT2D eigenvalue weighted by Gasteiger charge is -2.25. The van der Waals surface area contributed by atoms with Crippen molar-refractivity contribution >= 4 is 33.0 Å². The monoisotopic (exact) mass is 446 g/mol. The lowest BCUT2D eigenvalue weighted by Crippen LogP contribution is -2.31. The minimum atomic E-state index is -3.83. The molecule has 0 saturated heterocycles. The van der Waals surface area contributed by atoms with Gasteiger partial charge in [0.05, 0.1) is 4.91 Å². The Kier molecular flexibility index (Phi) is 4.67. The number of hydrogen-bond donors (Lipinski definition) is 0. The van der Waals surface area contributed by atoms with Crippen LogP contribution in [0, 0.1) is 0 Å². The van der Waals surface area contributed by atoms with Crippen molar-refractivity contribution in [3.05, 3.63) is 141 Å². The number of rotatable bonds is 2. The number of benzene rings is 3. The first-order chi connectivity index (χ1) is 16.1. The second-order valence-electron chi connectivity index (χ2n) is 8.50. The van der Waals surface area contributed by atoms with E-state index in [9.17, 15) is 8.42 Å². The topological polar surface area (TPSA) is 34.1 Å². The molecule has 6 rings (SSSR count). The molecule has 0 amide bonds. The third-order valence-electron chi connectivity index (χ3n) is 6.59. The van der Waals surface area contributed by atoms with E-state index in [0.717, 1.165) is 50.3 Å². The van der Waals surface area contributed by atoms with E-state index in [-0.39, 0.29) is 0 Å². The summed E-state index contributed by atoms with van der Waals surface area (Å²) < 4.78 is 29.6. The molecule has 0 radical (unpaired) electrons. The molecule has 160 valence electrons. The molecule has 2 nitrogen and oxygen atoms in total. The van der Waals surface area contributed by atoms with Gasteiger partial charge in [-0.1, -0.05) is 115 Å². The predicted molar refractivity (Wildman–Crippen MR) is 136 cm³/mol. The fraction of sp³-hybridized carbons (Fsp3) is 0.0667. The molecule has 0 fully saturated rings. The van der Waals surface area contributed by atoms with Crippen molar-refractivity contribution in [3.63, 3.8) is 0 Å². The van der Waals surface area contributed by atoms with E-state index < -0.39 is 15.1 Å². The zero-order valence-electron chi connectivity index (χ0n) is 18.0. The highest BCUT2D eigenvalue weighted by molar-refractivity contribution is 8.01. The first-order valence-electron chi connectivity index (χ1n) is 11.1. The fourth-order valence-corrected chi connectivity index (χ4v) is 7.38. The smallest absolute Gasteiger partial charge is 0.190 e. The summed E-state index contributed by atoms with van der Waals surface area (Å²) in [6.07, 6.45) is 14.9. The molecule has 0 aromatic heterocycles. The van der Waals surface area contributed by atoms with Crippen molar-refractivity contribution < 1.29 is 8.42 Å². The Labute approximate surface area is 193 Å². The van der Waals surface area contributed by atoms with E-state index in [4.69, 9.17) is 0 Å². The standard InChI is InChI=1S/C30H22O2S/c31-33(32,29-25-13-5-1-9-21(25)17-18-22-10-2-6-14-26(22)29)30-27-15-7-3-11-23(27)19-20-24-12-4-8-16-28(24)30/h1-11,13-20,29H,12H2. The second-order valence-corrected chi connectivity index (χ2v) is 10.5. The Balaban J connectivity index is 1.73. The Morgan fingerprint density at radius 2 is 1.33 bits per heavy atom. The Hall–Kier alpha value is -3.69. The highest BCUT2D eigenvalue weighted by Crippen LogP contribution is 2.44. The Morgan fingerprint density at radius 1 is 0.697 bits per heavy atom. The van der Waals surface area contributed by atoms with Gasteiger partial charge < -0.3 is 0 Å². The van der Waals surface area contributed by atoms with Crippen molar-refractivity contribution in [1.29, 1.82) is 0 Å². The van der Waals surface area contributed by atoms with Gasteiger partial charge in [-0.25, -0.2) is 8.42 Å². The summed E-state index contributed by atoms with van der Waals surface area (Å²) in [7, 11) is -3.83. The zero-order valence-corrected chi connectivity index (χ0v) is 18.8. The van der Waals surface area contributed by atoms with Crippen molar-refractivity contribution in [2.24, 2.45) is 0 Å². The molecular formula is C30H22O2S. The summed E-state index contributed by atoms with van der Waals surface area (Å²) in [5.74, 6) is 0. The summed E-state index contributed by atoms with van der Waals surface area (Å²) >= 11 is 0. The average Bonchev–Trinajstić information content (AvgIpc) is 3.12. The molecule has 0 N–H and O–H groups in total. The zero-order chi connectivity index (χ0) is 22.4. The van der Waals surface area contributed by atoms with Crippen LogP contribution in [0.15, 0.2) is 108 Å². The molecule has 0 heterocycles. The molecule has 0 unspecified atom stereocenters. The number of sulfone groups is 1. The first kappa shape index (κ1) is 20.0. The number of allylic oxidation sites excluding steroid dienone is 5. The molecule has 3 aromatic carbocycles. The van der Waals surface area contributed by atoms with Crippen molar-refractivity contribution in [2.75, 3.05) is 0 Å². The number of hydrogen-bond acceptors (Lipinski definition) is 2. The lowest BCUT2D eigenvalue weighted by molar-refractivity contribution is 0.599. The van der Waals surface area contributed by atoms with E-state index >= 15 is 0 Å². The fourth-order valence-electron chi connectivity index (χ4n) is 5.05. The third-order valence-corrected chi connectivity index (χ3v) is 8.73. The van der Waals surface area contributed by atoms with Crippen molar-refractivity contribution in [1.82, 2.24) is 0 Å². The van der Waals surface area contributed by atoms with Crippen LogP contribution < -0.4 is 10.4 Å². The van der Waals surface area contributed by atoms with E-state index in [2.05, 4.69) is 12.2 Å². The lowest BCUT2D eigenvalue weighted by atomic mass is 9.97. The molecule has 0 aliphatic heterocycles. The SMILES string of the molecule is O=S(=O)(C1=c2ccccc2=CC=C2CC=CC=C21)C1c2ccccc2C=Cc2ccccc21. The summed E-state index contributed by atoms with van der Waals surface area (Å²) in [6, 6.07) is 23.5. The van der Waals surface area contributed by atoms with E-state index in [1.807, 2.05) is 103 Å². The molecule has 3 aliphatic rings. The van der Waals surface area contributed by atoms with E-state index in [0.29, 0.717) is 4.91 Å². The Morgan fingerprint density at radius 3 is 2.06 bits per heavy atom. The second kappa shape index (κ2) is 7.72. The van der Waals surface area contributed by atoms with Gasteiger partial charge >= 0.3 is 0 Å². The van der Waals surface area contributed by atoms with Crippen LogP contribution in [0.1, 0.15) is 33.9 Å². The van der Waals surface area contributed by atoms with Gasteiger partial charge in [-0.05, 0) is 45.0 Å². The summed E-state index contributed by atoms with van der Waals surface area (Å²) in [5.41, 5.74) is 5.32. The minimum Gasteiger partial charge on any atom is -0.223 e. The van der Waals surface area contributed by atoms with Crippen LogP contribution in [0.4, 0.5) is 0 Å². The summed E-state index contributed by atoms with van der Waals surface area (Å²) in [5, 5.41) is 0.888. The molecule has 0 saturated carbocycles. The Bertz CT molecular complexity index is 1600. The van der Waals surface area contributed by atoms with Crippen molar-refractivity contribution in [3.8, 4) is 0 Å². The van der Waals surface area contributed by atoms with Crippen LogP contribution in [0.3, 0.4) is 0 Å². The molecule has 3 heteroatoms. The summed E-state index contributed by atoms with van der Waals surface area (Å²) in [6.45, 7) is 0. The van der Waals surface area contributed by atoms with Crippen LogP contribution in [0.25, 0.3) is 23.1 Å². The van der Waals surface area contributed by atoms with Gasteiger partial charge in [0.25, 0.3) is 0 Å². The van der Waals surface area contributed by atoms with Crippen LogP contribution >= 0.6 is 0 Å². The molecule has 3 aliphatic carbocycles. The normalized spacial score (nSPS) is 16.8. The van der Waals surface area contributed by atoms with Gasteiger partial charge in [-0.2, -0.15) is 0 Å². The maximum atomic E-state index is 14.8. The van der Waals surface area contributed by atoms with E-state index in [1.54, 1.807) is 0 Å². The molecule has 0 bridgehead atoms. The van der Waals surface area contributed by atoms with E-state index in [1.165, 1.54) is 0 Å². The maximum absolute atomic E-state index is 14.8. The van der Waals surface area contributed by atoms with Crippen LogP contribution in [0.2, 0.25) is 0 Å². The maximum Gasteiger partial charge on any atom is 0.190 e. The molecule has 3 aromatic rings. The molecule has 0 spiro atoms. The van der Waals surface area contributed by atoms with Gasteiger partial charge in [0.2, 0.25) is 0 Å². The van der Waals surface area contributed by atoms with Crippen LogP contribution in [0.5, 0.6) is 0 Å². The largest absolute Gasteiger partial charge is 0.223 e. The van der Waals surface area contributed by atoms with Gasteiger partial charge in [0.1, 0.15) is 5.25 Å². The van der Waals surface area contributed by atoms with Gasteiger partial charge in [0.15, 0.2) is 9.84 Å². The quantitative estimate of drug-likeness (QED) is 0.550. The highest BCUT2D eigenvalue weighted by atomic mass is 32.2. The average molecular weight is 447 g/mol. The van der Waals surface area contributed by atoms with Gasteiger partial charge in [-0.15, -0.1) is 0 Å². The molecule has 33 heavy (non-hydrogen) atoms. The first-order valence-corrected chi connectivity index (χ1v) is 12.7. The van der Waals surface area contributed by atoms with Gasteiger partial charge in [0, 0.05) is 5.22 Å². The summed E-state index contributed by atoms with van der Waals surface area (Å²) in [4.78, 5) is 0.416. The molecule has 0 atom stereocenters. The predicted octanol–water partition coefficient (Wildman–Crippen LogP) is 5.09. The van der Waals surface area contributed by atoms with Gasteiger partial charge in [-0.3, -0.25) is 0 Å². The van der Waals surface area contributed by atoms with Crippen molar-refractivity contribution in [2.45, 2.75) is 11.7 Å². The minimum absolute atomic E-state index is 0.416. The molecular weight excluding hydrogens is 424 g/mol. The van der Waals surface area contributed by atoms with Crippen LogP contribution in [-0.2, 0) is 9.84 Å².